The largest absolute Gasteiger partial charge is 0.375 e. The van der Waals surface area contributed by atoms with Crippen LogP contribution in [-0.2, 0) is 9.47 Å². The van der Waals surface area contributed by atoms with Crippen molar-refractivity contribution < 1.29 is 9.47 Å². The van der Waals surface area contributed by atoms with E-state index in [0.29, 0.717) is 6.54 Å². The lowest BCUT2D eigenvalue weighted by Crippen LogP contribution is -2.35. The predicted molar refractivity (Wildman–Crippen MR) is 43.4 cm³/mol. The normalized spacial score (nSPS) is 27.3. The van der Waals surface area contributed by atoms with E-state index in [4.69, 9.17) is 15.2 Å². The van der Waals surface area contributed by atoms with E-state index < -0.39 is 0 Å². The smallest absolute Gasteiger partial charge is 0.0958 e. The monoisotopic (exact) mass is 159 g/mol. The number of hydrogen-bond donors (Lipinski definition) is 1. The van der Waals surface area contributed by atoms with Crippen molar-refractivity contribution in [3.05, 3.63) is 0 Å². The van der Waals surface area contributed by atoms with Gasteiger partial charge in [-0.3, -0.25) is 0 Å². The summed E-state index contributed by atoms with van der Waals surface area (Å²) in [6.45, 7) is 4.14. The van der Waals surface area contributed by atoms with Gasteiger partial charge in [0.2, 0.25) is 0 Å². The van der Waals surface area contributed by atoms with E-state index in [-0.39, 0.29) is 12.2 Å². The van der Waals surface area contributed by atoms with Gasteiger partial charge < -0.3 is 15.2 Å². The van der Waals surface area contributed by atoms with Crippen molar-refractivity contribution in [3.63, 3.8) is 0 Å². The van der Waals surface area contributed by atoms with Crippen molar-refractivity contribution in [3.8, 4) is 0 Å². The van der Waals surface area contributed by atoms with E-state index in [1.807, 2.05) is 6.92 Å². The molecule has 0 radical (unpaired) electrons. The van der Waals surface area contributed by atoms with Crippen molar-refractivity contribution in [2.75, 3.05) is 19.8 Å². The molecule has 1 aliphatic rings. The molecule has 11 heavy (non-hydrogen) atoms. The zero-order valence-electron chi connectivity index (χ0n) is 7.08. The van der Waals surface area contributed by atoms with Crippen molar-refractivity contribution in [1.82, 2.24) is 0 Å². The fourth-order valence-electron chi connectivity index (χ4n) is 1.44. The molecule has 1 aliphatic heterocycles. The van der Waals surface area contributed by atoms with Gasteiger partial charge in [-0.25, -0.2) is 0 Å². The molecule has 0 aromatic heterocycles. The second kappa shape index (κ2) is 4.70. The van der Waals surface area contributed by atoms with Crippen molar-refractivity contribution in [2.45, 2.75) is 32.0 Å². The van der Waals surface area contributed by atoms with Crippen molar-refractivity contribution in [2.24, 2.45) is 5.73 Å². The topological polar surface area (TPSA) is 44.5 Å². The Morgan fingerprint density at radius 3 is 3.00 bits per heavy atom. The summed E-state index contributed by atoms with van der Waals surface area (Å²) in [7, 11) is 0. The van der Waals surface area contributed by atoms with Crippen LogP contribution in [0.25, 0.3) is 0 Å². The molecule has 2 unspecified atom stereocenters. The Morgan fingerprint density at radius 2 is 2.55 bits per heavy atom. The van der Waals surface area contributed by atoms with Gasteiger partial charge in [-0.15, -0.1) is 0 Å². The molecule has 2 atom stereocenters. The Balaban J connectivity index is 2.27. The maximum atomic E-state index is 5.53. The van der Waals surface area contributed by atoms with Gasteiger partial charge in [-0.05, 0) is 19.8 Å². The Labute approximate surface area is 67.9 Å². The van der Waals surface area contributed by atoms with Gasteiger partial charge >= 0.3 is 0 Å². The highest BCUT2D eigenvalue weighted by molar-refractivity contribution is 4.75. The molecule has 3 nitrogen and oxygen atoms in total. The third-order valence-corrected chi connectivity index (χ3v) is 1.99. The highest BCUT2D eigenvalue weighted by Gasteiger charge is 2.24. The zero-order valence-corrected chi connectivity index (χ0v) is 7.08. The number of rotatable bonds is 4. The van der Waals surface area contributed by atoms with Gasteiger partial charge in [0.25, 0.3) is 0 Å². The molecule has 1 heterocycles. The summed E-state index contributed by atoms with van der Waals surface area (Å²) in [5.41, 5.74) is 5.53. The van der Waals surface area contributed by atoms with E-state index in [2.05, 4.69) is 0 Å². The third-order valence-electron chi connectivity index (χ3n) is 1.99. The summed E-state index contributed by atoms with van der Waals surface area (Å²) >= 11 is 0. The zero-order chi connectivity index (χ0) is 8.10. The number of hydrogen-bond acceptors (Lipinski definition) is 3. The van der Waals surface area contributed by atoms with Crippen LogP contribution in [0, 0.1) is 0 Å². The average Bonchev–Trinajstić information content (AvgIpc) is 2.52. The SMILES string of the molecule is CCOC(CN)C1CCCO1. The van der Waals surface area contributed by atoms with Crippen LogP contribution in [0.5, 0.6) is 0 Å². The quantitative estimate of drug-likeness (QED) is 0.650. The van der Waals surface area contributed by atoms with Crippen LogP contribution in [0.1, 0.15) is 19.8 Å². The molecule has 66 valence electrons. The molecule has 0 spiro atoms. The maximum absolute atomic E-state index is 5.53. The summed E-state index contributed by atoms with van der Waals surface area (Å²) < 4.78 is 10.9. The first-order chi connectivity index (χ1) is 5.38. The van der Waals surface area contributed by atoms with E-state index >= 15 is 0 Å². The minimum Gasteiger partial charge on any atom is -0.375 e. The molecule has 0 aromatic carbocycles. The third kappa shape index (κ3) is 2.43. The Kier molecular flexibility index (Phi) is 3.83. The van der Waals surface area contributed by atoms with Crippen molar-refractivity contribution >= 4 is 0 Å². The lowest BCUT2D eigenvalue weighted by atomic mass is 10.1. The van der Waals surface area contributed by atoms with Gasteiger partial charge in [0.15, 0.2) is 0 Å². The molecule has 0 bridgehead atoms. The molecular formula is C8H17NO2. The Bertz CT molecular complexity index is 102. The summed E-state index contributed by atoms with van der Waals surface area (Å²) in [6.07, 6.45) is 2.61. The summed E-state index contributed by atoms with van der Waals surface area (Å²) in [4.78, 5) is 0. The van der Waals surface area contributed by atoms with E-state index in [1.54, 1.807) is 0 Å². The Morgan fingerprint density at radius 1 is 1.73 bits per heavy atom. The highest BCUT2D eigenvalue weighted by atomic mass is 16.5. The van der Waals surface area contributed by atoms with Crippen LogP contribution in [-0.4, -0.2) is 32.0 Å². The first-order valence-corrected chi connectivity index (χ1v) is 4.31. The van der Waals surface area contributed by atoms with Crippen LogP contribution in [0.15, 0.2) is 0 Å². The molecule has 0 saturated carbocycles. The molecule has 0 aromatic rings. The lowest BCUT2D eigenvalue weighted by Gasteiger charge is -2.20. The average molecular weight is 159 g/mol. The molecule has 3 heteroatoms. The van der Waals surface area contributed by atoms with Gasteiger partial charge in [0.05, 0.1) is 12.2 Å². The van der Waals surface area contributed by atoms with Crippen LogP contribution in [0.2, 0.25) is 0 Å². The van der Waals surface area contributed by atoms with Gasteiger partial charge in [-0.1, -0.05) is 0 Å². The summed E-state index contributed by atoms with van der Waals surface area (Å²) in [6, 6.07) is 0. The van der Waals surface area contributed by atoms with Gasteiger partial charge in [0.1, 0.15) is 0 Å². The minimum absolute atomic E-state index is 0.113. The number of nitrogens with two attached hydrogens (primary N) is 1. The molecule has 1 fully saturated rings. The molecule has 1 rings (SSSR count). The van der Waals surface area contributed by atoms with Gasteiger partial charge in [0, 0.05) is 19.8 Å². The minimum atomic E-state index is 0.113. The van der Waals surface area contributed by atoms with Gasteiger partial charge in [-0.2, -0.15) is 0 Å². The van der Waals surface area contributed by atoms with Crippen LogP contribution in [0.3, 0.4) is 0 Å². The first kappa shape index (κ1) is 8.97. The lowest BCUT2D eigenvalue weighted by molar-refractivity contribution is -0.0390. The highest BCUT2D eigenvalue weighted by Crippen LogP contribution is 2.16. The fourth-order valence-corrected chi connectivity index (χ4v) is 1.44. The van der Waals surface area contributed by atoms with Crippen LogP contribution >= 0.6 is 0 Å². The van der Waals surface area contributed by atoms with E-state index in [1.165, 1.54) is 0 Å². The second-order valence-corrected chi connectivity index (χ2v) is 2.78. The molecule has 0 amide bonds. The summed E-state index contributed by atoms with van der Waals surface area (Å²) in [5, 5.41) is 0. The predicted octanol–water partition coefficient (Wildman–Crippen LogP) is 0.529. The first-order valence-electron chi connectivity index (χ1n) is 4.31. The summed E-state index contributed by atoms with van der Waals surface area (Å²) in [5.74, 6) is 0. The Hall–Kier alpha value is -0.120. The van der Waals surface area contributed by atoms with Crippen LogP contribution in [0.4, 0.5) is 0 Å². The molecular weight excluding hydrogens is 142 g/mol. The van der Waals surface area contributed by atoms with E-state index in [9.17, 15) is 0 Å². The fraction of sp³-hybridized carbons (Fsp3) is 1.00. The second-order valence-electron chi connectivity index (χ2n) is 2.78. The van der Waals surface area contributed by atoms with Crippen LogP contribution < -0.4 is 5.73 Å². The number of ether oxygens (including phenoxy) is 2. The molecule has 0 aliphatic carbocycles. The van der Waals surface area contributed by atoms with Crippen molar-refractivity contribution in [1.29, 1.82) is 0 Å². The molecule has 2 N–H and O–H groups in total. The van der Waals surface area contributed by atoms with E-state index in [0.717, 1.165) is 26.1 Å². The standard InChI is InChI=1S/C8H17NO2/c1-2-10-8(6-9)7-4-3-5-11-7/h7-8H,2-6,9H2,1H3. The molecule has 1 saturated heterocycles. The maximum Gasteiger partial charge on any atom is 0.0958 e.